The molecule has 0 aliphatic heterocycles. The van der Waals surface area contributed by atoms with Crippen LogP contribution in [0.2, 0.25) is 0 Å². The molecule has 144 valence electrons. The molecule has 11 heteroatoms. The van der Waals surface area contributed by atoms with Crippen LogP contribution in [-0.4, -0.2) is 39.2 Å². The highest BCUT2D eigenvalue weighted by Gasteiger charge is 2.33. The second-order valence-corrected chi connectivity index (χ2v) is 5.42. The van der Waals surface area contributed by atoms with Crippen molar-refractivity contribution in [2.45, 2.75) is 19.1 Å². The molecule has 3 N–H and O–H groups in total. The summed E-state index contributed by atoms with van der Waals surface area (Å²) in [5.74, 6) is -2.09. The van der Waals surface area contributed by atoms with Gasteiger partial charge >= 0.3 is 12.1 Å². The fourth-order valence-corrected chi connectivity index (χ4v) is 2.04. The maximum Gasteiger partial charge on any atom is 0.435 e. The number of carbonyl (C=O) groups excluding carboxylic acids is 2. The third-order valence-corrected chi connectivity index (χ3v) is 3.29. The average molecular weight is 384 g/mol. The van der Waals surface area contributed by atoms with E-state index in [0.717, 1.165) is 16.9 Å². The van der Waals surface area contributed by atoms with E-state index < -0.39 is 36.2 Å². The quantitative estimate of drug-likeness (QED) is 0.673. The number of benzene rings is 1. The molecule has 0 saturated carbocycles. The zero-order valence-corrected chi connectivity index (χ0v) is 13.8. The first-order valence-electron chi connectivity index (χ1n) is 7.65. The van der Waals surface area contributed by atoms with Crippen LogP contribution in [0.4, 0.5) is 18.9 Å². The van der Waals surface area contributed by atoms with E-state index in [9.17, 15) is 27.6 Å². The summed E-state index contributed by atoms with van der Waals surface area (Å²) in [5, 5.41) is 16.7. The molecular weight excluding hydrogens is 369 g/mol. The minimum absolute atomic E-state index is 0.0174. The summed E-state index contributed by atoms with van der Waals surface area (Å²) in [4.78, 5) is 34.1. The fraction of sp³-hybridized carbons (Fsp3) is 0.250. The van der Waals surface area contributed by atoms with E-state index in [1.54, 1.807) is 0 Å². The van der Waals surface area contributed by atoms with Gasteiger partial charge in [-0.25, -0.2) is 0 Å². The van der Waals surface area contributed by atoms with Crippen LogP contribution in [0.15, 0.2) is 36.5 Å². The van der Waals surface area contributed by atoms with Crippen molar-refractivity contribution in [2.24, 2.45) is 0 Å². The average Bonchev–Trinajstić information content (AvgIpc) is 3.03. The third-order valence-electron chi connectivity index (χ3n) is 3.29. The van der Waals surface area contributed by atoms with Gasteiger partial charge in [-0.05, 0) is 30.3 Å². The molecule has 0 bridgehead atoms. The highest BCUT2D eigenvalue weighted by Crippen LogP contribution is 2.27. The van der Waals surface area contributed by atoms with Gasteiger partial charge in [-0.15, -0.1) is 0 Å². The van der Waals surface area contributed by atoms with Crippen LogP contribution in [-0.2, 0) is 22.3 Å². The van der Waals surface area contributed by atoms with E-state index in [-0.39, 0.29) is 18.5 Å². The third kappa shape index (κ3) is 6.13. The Morgan fingerprint density at radius 2 is 1.78 bits per heavy atom. The summed E-state index contributed by atoms with van der Waals surface area (Å²) in [6.07, 6.45) is -3.74. The fourth-order valence-electron chi connectivity index (χ4n) is 2.04. The van der Waals surface area contributed by atoms with Gasteiger partial charge in [0, 0.05) is 24.0 Å². The van der Waals surface area contributed by atoms with E-state index in [1.165, 1.54) is 24.3 Å². The molecule has 1 heterocycles. The van der Waals surface area contributed by atoms with E-state index >= 15 is 0 Å². The second-order valence-electron chi connectivity index (χ2n) is 5.42. The van der Waals surface area contributed by atoms with Gasteiger partial charge in [0.05, 0.1) is 6.42 Å². The first-order valence-corrected chi connectivity index (χ1v) is 7.65. The Labute approximate surface area is 151 Å². The van der Waals surface area contributed by atoms with Gasteiger partial charge in [0.1, 0.15) is 6.54 Å². The molecule has 2 aromatic rings. The number of hydrogen-bond donors (Lipinski definition) is 3. The lowest BCUT2D eigenvalue weighted by Gasteiger charge is -2.07. The van der Waals surface area contributed by atoms with Gasteiger partial charge in [0.25, 0.3) is 5.91 Å². The minimum Gasteiger partial charge on any atom is -0.481 e. The van der Waals surface area contributed by atoms with Gasteiger partial charge in [0.2, 0.25) is 5.91 Å². The number of hydrogen-bond acceptors (Lipinski definition) is 4. The topological polar surface area (TPSA) is 113 Å². The number of carboxylic acids is 1. The lowest BCUT2D eigenvalue weighted by molar-refractivity contribution is -0.141. The summed E-state index contributed by atoms with van der Waals surface area (Å²) in [6.45, 7) is -0.427. The second kappa shape index (κ2) is 8.34. The number of carboxylic acid groups (broad SMARTS) is 1. The highest BCUT2D eigenvalue weighted by molar-refractivity contribution is 5.95. The smallest absolute Gasteiger partial charge is 0.435 e. The lowest BCUT2D eigenvalue weighted by atomic mass is 10.2. The molecule has 0 radical (unpaired) electrons. The molecule has 1 aromatic carbocycles. The van der Waals surface area contributed by atoms with E-state index in [0.29, 0.717) is 5.69 Å². The highest BCUT2D eigenvalue weighted by atomic mass is 19.4. The van der Waals surface area contributed by atoms with E-state index in [1.807, 2.05) is 0 Å². The maximum absolute atomic E-state index is 12.5. The minimum atomic E-state index is -4.58. The number of aliphatic carboxylic acids is 1. The van der Waals surface area contributed by atoms with Crippen LogP contribution in [0.3, 0.4) is 0 Å². The van der Waals surface area contributed by atoms with Gasteiger partial charge in [-0.3, -0.25) is 19.1 Å². The molecule has 0 spiro atoms. The number of aromatic nitrogens is 2. The van der Waals surface area contributed by atoms with Crippen LogP contribution >= 0.6 is 0 Å². The SMILES string of the molecule is O=C(O)CCNC(=O)c1ccc(NC(=O)Cn2ccc(C(F)(F)F)n2)cc1. The van der Waals surface area contributed by atoms with Crippen molar-refractivity contribution in [3.05, 3.63) is 47.8 Å². The molecule has 2 amide bonds. The Morgan fingerprint density at radius 3 is 2.33 bits per heavy atom. The summed E-state index contributed by atoms with van der Waals surface area (Å²) < 4.78 is 38.3. The molecule has 0 atom stereocenters. The largest absolute Gasteiger partial charge is 0.481 e. The van der Waals surface area contributed by atoms with E-state index in [2.05, 4.69) is 15.7 Å². The van der Waals surface area contributed by atoms with Crippen molar-refractivity contribution >= 4 is 23.5 Å². The number of halogens is 3. The van der Waals surface area contributed by atoms with E-state index in [4.69, 9.17) is 5.11 Å². The number of nitrogens with one attached hydrogen (secondary N) is 2. The molecule has 0 aliphatic carbocycles. The van der Waals surface area contributed by atoms with Gasteiger partial charge in [-0.2, -0.15) is 18.3 Å². The molecule has 0 aliphatic rings. The van der Waals surface area contributed by atoms with Gasteiger partial charge in [0.15, 0.2) is 5.69 Å². The molecule has 0 saturated heterocycles. The molecule has 2 rings (SSSR count). The standard InChI is InChI=1S/C16H15F3N4O4/c17-16(18,19)12-6-8-23(22-12)9-13(24)21-11-3-1-10(2-4-11)15(27)20-7-5-14(25)26/h1-4,6,8H,5,7,9H2,(H,20,27)(H,21,24)(H,25,26). The van der Waals surface area contributed by atoms with Crippen LogP contribution in [0.25, 0.3) is 0 Å². The lowest BCUT2D eigenvalue weighted by Crippen LogP contribution is -2.26. The Hall–Kier alpha value is -3.37. The number of anilines is 1. The summed E-state index contributed by atoms with van der Waals surface area (Å²) in [7, 11) is 0. The van der Waals surface area contributed by atoms with Crippen LogP contribution in [0.5, 0.6) is 0 Å². The van der Waals surface area contributed by atoms with Crippen LogP contribution in [0, 0.1) is 0 Å². The number of amides is 2. The predicted molar refractivity (Wildman–Crippen MR) is 86.9 cm³/mol. The van der Waals surface area contributed by atoms with Crippen molar-refractivity contribution in [3.63, 3.8) is 0 Å². The number of nitrogens with zero attached hydrogens (tertiary/aromatic N) is 2. The summed E-state index contributed by atoms with van der Waals surface area (Å²) in [6, 6.07) is 6.48. The van der Waals surface area contributed by atoms with Crippen molar-refractivity contribution in [2.75, 3.05) is 11.9 Å². The number of rotatable bonds is 7. The summed E-state index contributed by atoms with van der Waals surface area (Å²) >= 11 is 0. The Bertz CT molecular complexity index is 831. The number of carbonyl (C=O) groups is 3. The Kier molecular flexibility index (Phi) is 6.16. The molecular formula is C16H15F3N4O4. The predicted octanol–water partition coefficient (Wildman–Crippen LogP) is 1.75. The molecule has 27 heavy (non-hydrogen) atoms. The molecule has 1 aromatic heterocycles. The first kappa shape index (κ1) is 19.9. The maximum atomic E-state index is 12.5. The van der Waals surface area contributed by atoms with Gasteiger partial charge in [-0.1, -0.05) is 0 Å². The Morgan fingerprint density at radius 1 is 1.11 bits per heavy atom. The van der Waals surface area contributed by atoms with Crippen molar-refractivity contribution in [1.82, 2.24) is 15.1 Å². The van der Waals surface area contributed by atoms with Gasteiger partial charge < -0.3 is 15.7 Å². The van der Waals surface area contributed by atoms with Crippen molar-refractivity contribution in [1.29, 1.82) is 0 Å². The zero-order valence-electron chi connectivity index (χ0n) is 13.8. The van der Waals surface area contributed by atoms with Crippen LogP contribution in [0.1, 0.15) is 22.5 Å². The van der Waals surface area contributed by atoms with Crippen molar-refractivity contribution in [3.8, 4) is 0 Å². The number of alkyl halides is 3. The molecule has 0 unspecified atom stereocenters. The Balaban J connectivity index is 1.88. The first-order chi connectivity index (χ1) is 12.6. The zero-order chi connectivity index (χ0) is 20.0. The van der Waals surface area contributed by atoms with Crippen LogP contribution < -0.4 is 10.6 Å². The van der Waals surface area contributed by atoms with Crippen molar-refractivity contribution < 1.29 is 32.7 Å². The monoisotopic (exact) mass is 384 g/mol. The molecule has 0 fully saturated rings. The summed E-state index contributed by atoms with van der Waals surface area (Å²) in [5.41, 5.74) is -0.487. The normalized spacial score (nSPS) is 11.1. The molecule has 8 nitrogen and oxygen atoms in total.